The third kappa shape index (κ3) is 5.85. The molecule has 11 aromatic carbocycles. The molecule has 63 heavy (non-hydrogen) atoms. The van der Waals surface area contributed by atoms with Crippen molar-refractivity contribution in [3.05, 3.63) is 224 Å². The first-order valence-electron chi connectivity index (χ1n) is 21.5. The van der Waals surface area contributed by atoms with Crippen molar-refractivity contribution in [2.45, 2.75) is 0 Å². The Labute approximate surface area is 368 Å². The average molecular weight is 820 g/mol. The van der Waals surface area contributed by atoms with E-state index in [-0.39, 0.29) is 0 Å². The highest BCUT2D eigenvalue weighted by molar-refractivity contribution is 7.27. The van der Waals surface area contributed by atoms with Crippen LogP contribution in [0.15, 0.2) is 229 Å². The molecule has 0 aliphatic rings. The van der Waals surface area contributed by atoms with Crippen LogP contribution >= 0.6 is 11.3 Å². The minimum atomic E-state index is 0.933. The summed E-state index contributed by atoms with van der Waals surface area (Å²) in [5.41, 5.74) is 12.5. The molecule has 13 aromatic rings. The first kappa shape index (κ1) is 35.7. The van der Waals surface area contributed by atoms with Crippen molar-refractivity contribution in [2.75, 3.05) is 4.90 Å². The molecule has 0 unspecified atom stereocenters. The lowest BCUT2D eigenvalue weighted by molar-refractivity contribution is 0.669. The minimum Gasteiger partial charge on any atom is -0.456 e. The molecular weight excluding hydrogens is 783 g/mol. The van der Waals surface area contributed by atoms with Crippen LogP contribution in [0.4, 0.5) is 17.1 Å². The van der Waals surface area contributed by atoms with E-state index < -0.39 is 0 Å². The van der Waals surface area contributed by atoms with E-state index in [1.807, 2.05) is 17.4 Å². The van der Waals surface area contributed by atoms with Crippen molar-refractivity contribution < 1.29 is 4.42 Å². The average Bonchev–Trinajstić information content (AvgIpc) is 3.93. The Hall–Kier alpha value is -7.98. The van der Waals surface area contributed by atoms with Gasteiger partial charge in [0.05, 0.1) is 0 Å². The molecule has 3 heteroatoms. The second kappa shape index (κ2) is 14.3. The van der Waals surface area contributed by atoms with Crippen LogP contribution in [0.25, 0.3) is 108 Å². The Balaban J connectivity index is 0.900. The Kier molecular flexibility index (Phi) is 8.12. The standard InChI is InChI=1S/C60H37NOS/c1-2-10-38(11-3-1)39-22-27-45(28-23-39)61(46-29-24-41(25-30-46)49-16-8-13-40-12-4-5-14-48(40)49)47-31-33-51-44(37-47)21-20-42-36-43(26-32-50(42)51)52-17-9-18-53-54-34-35-57-58(60(54)63-59(52)53)55-15-6-7-19-56(55)62-57/h1-37H. The van der Waals surface area contributed by atoms with E-state index in [2.05, 4.69) is 223 Å². The number of para-hydroxylation sites is 1. The number of hydrogen-bond acceptors (Lipinski definition) is 3. The zero-order valence-corrected chi connectivity index (χ0v) is 34.9. The monoisotopic (exact) mass is 819 g/mol. The van der Waals surface area contributed by atoms with Gasteiger partial charge in [0.15, 0.2) is 0 Å². The molecule has 0 saturated heterocycles. The molecule has 0 amide bonds. The van der Waals surface area contributed by atoms with Gasteiger partial charge >= 0.3 is 0 Å². The molecule has 0 aliphatic carbocycles. The van der Waals surface area contributed by atoms with E-state index >= 15 is 0 Å². The Bertz CT molecular complexity index is 3890. The molecule has 0 spiro atoms. The molecule has 0 radical (unpaired) electrons. The molecule has 0 aliphatic heterocycles. The maximum Gasteiger partial charge on any atom is 0.136 e. The fourth-order valence-electron chi connectivity index (χ4n) is 9.81. The van der Waals surface area contributed by atoms with Crippen molar-refractivity contribution >= 4 is 103 Å². The number of thiophene rings is 1. The summed E-state index contributed by atoms with van der Waals surface area (Å²) in [6.45, 7) is 0. The number of fused-ring (bicyclic) bond motifs is 11. The molecule has 2 nitrogen and oxygen atoms in total. The van der Waals surface area contributed by atoms with E-state index in [1.54, 1.807) is 0 Å². The molecule has 294 valence electrons. The molecule has 2 heterocycles. The largest absolute Gasteiger partial charge is 0.456 e. The summed E-state index contributed by atoms with van der Waals surface area (Å²) < 4.78 is 8.86. The quantitative estimate of drug-likeness (QED) is 0.155. The van der Waals surface area contributed by atoms with Gasteiger partial charge in [-0.2, -0.15) is 0 Å². The maximum atomic E-state index is 6.27. The van der Waals surface area contributed by atoms with Gasteiger partial charge in [-0.1, -0.05) is 164 Å². The van der Waals surface area contributed by atoms with Crippen LogP contribution in [0.2, 0.25) is 0 Å². The molecule has 13 rings (SSSR count). The maximum absolute atomic E-state index is 6.27. The van der Waals surface area contributed by atoms with Crippen LogP contribution in [-0.2, 0) is 0 Å². The first-order chi connectivity index (χ1) is 31.2. The lowest BCUT2D eigenvalue weighted by Crippen LogP contribution is -2.09. The van der Waals surface area contributed by atoms with Gasteiger partial charge in [0, 0.05) is 48.0 Å². The predicted molar refractivity (Wildman–Crippen MR) is 270 cm³/mol. The topological polar surface area (TPSA) is 16.4 Å². The van der Waals surface area contributed by atoms with E-state index in [9.17, 15) is 0 Å². The van der Waals surface area contributed by atoms with Crippen LogP contribution in [0, 0.1) is 0 Å². The lowest BCUT2D eigenvalue weighted by atomic mass is 9.96. The summed E-state index contributed by atoms with van der Waals surface area (Å²) in [5.74, 6) is 0. The fourth-order valence-corrected chi connectivity index (χ4v) is 11.2. The second-order valence-corrected chi connectivity index (χ2v) is 17.4. The van der Waals surface area contributed by atoms with Crippen LogP contribution in [0.1, 0.15) is 0 Å². The third-order valence-corrected chi connectivity index (χ3v) is 14.1. The smallest absolute Gasteiger partial charge is 0.136 e. The Morgan fingerprint density at radius 1 is 0.302 bits per heavy atom. The van der Waals surface area contributed by atoms with Gasteiger partial charge in [-0.25, -0.2) is 0 Å². The predicted octanol–water partition coefficient (Wildman–Crippen LogP) is 17.9. The van der Waals surface area contributed by atoms with E-state index in [0.717, 1.165) is 28.2 Å². The number of furan rings is 1. The van der Waals surface area contributed by atoms with E-state index in [0.29, 0.717) is 0 Å². The molecule has 0 bridgehead atoms. The summed E-state index contributed by atoms with van der Waals surface area (Å²) in [7, 11) is 0. The summed E-state index contributed by atoms with van der Waals surface area (Å²) in [6.07, 6.45) is 0. The zero-order chi connectivity index (χ0) is 41.4. The molecular formula is C60H37NOS. The number of nitrogens with zero attached hydrogens (tertiary/aromatic N) is 1. The molecule has 0 fully saturated rings. The molecule has 0 N–H and O–H groups in total. The highest BCUT2D eigenvalue weighted by Gasteiger charge is 2.18. The lowest BCUT2D eigenvalue weighted by Gasteiger charge is -2.26. The SMILES string of the molecule is c1ccc(-c2ccc(N(c3ccc(-c4cccc5ccccc45)cc3)c3ccc4c(ccc5cc(-c6cccc7c6sc6c7ccc7oc8ccccc8c76)ccc54)c3)cc2)cc1. The van der Waals surface area contributed by atoms with Gasteiger partial charge in [-0.05, 0) is 126 Å². The summed E-state index contributed by atoms with van der Waals surface area (Å²) in [5, 5.41) is 12.4. The number of anilines is 3. The van der Waals surface area contributed by atoms with Crippen molar-refractivity contribution in [3.8, 4) is 33.4 Å². The van der Waals surface area contributed by atoms with Crippen LogP contribution in [0.3, 0.4) is 0 Å². The zero-order valence-electron chi connectivity index (χ0n) is 34.1. The van der Waals surface area contributed by atoms with E-state index in [4.69, 9.17) is 4.42 Å². The number of hydrogen-bond donors (Lipinski definition) is 0. The third-order valence-electron chi connectivity index (χ3n) is 12.9. The fraction of sp³-hybridized carbons (Fsp3) is 0. The van der Waals surface area contributed by atoms with Gasteiger partial charge in [-0.3, -0.25) is 0 Å². The van der Waals surface area contributed by atoms with Crippen molar-refractivity contribution in [2.24, 2.45) is 0 Å². The molecule has 2 aromatic heterocycles. The van der Waals surface area contributed by atoms with E-state index in [1.165, 1.54) is 96.6 Å². The highest BCUT2D eigenvalue weighted by atomic mass is 32.1. The Morgan fingerprint density at radius 2 is 0.873 bits per heavy atom. The summed E-state index contributed by atoms with van der Waals surface area (Å²) in [6, 6.07) is 81.7. The van der Waals surface area contributed by atoms with Gasteiger partial charge in [0.2, 0.25) is 0 Å². The highest BCUT2D eigenvalue weighted by Crippen LogP contribution is 2.46. The normalized spacial score (nSPS) is 11.8. The van der Waals surface area contributed by atoms with Gasteiger partial charge in [0.1, 0.15) is 11.2 Å². The van der Waals surface area contributed by atoms with Crippen LogP contribution < -0.4 is 4.90 Å². The van der Waals surface area contributed by atoms with Crippen molar-refractivity contribution in [1.82, 2.24) is 0 Å². The number of benzene rings is 11. The molecule has 0 saturated carbocycles. The van der Waals surface area contributed by atoms with Crippen molar-refractivity contribution in [3.63, 3.8) is 0 Å². The van der Waals surface area contributed by atoms with Crippen LogP contribution in [0.5, 0.6) is 0 Å². The van der Waals surface area contributed by atoms with Crippen LogP contribution in [-0.4, -0.2) is 0 Å². The summed E-state index contributed by atoms with van der Waals surface area (Å²) >= 11 is 1.88. The first-order valence-corrected chi connectivity index (χ1v) is 22.3. The summed E-state index contributed by atoms with van der Waals surface area (Å²) in [4.78, 5) is 2.38. The molecule has 0 atom stereocenters. The number of rotatable bonds is 6. The van der Waals surface area contributed by atoms with Gasteiger partial charge in [-0.15, -0.1) is 11.3 Å². The minimum absolute atomic E-state index is 0.933. The second-order valence-electron chi connectivity index (χ2n) is 16.4. The Morgan fingerprint density at radius 3 is 1.70 bits per heavy atom. The van der Waals surface area contributed by atoms with Gasteiger partial charge in [0.25, 0.3) is 0 Å². The van der Waals surface area contributed by atoms with Crippen molar-refractivity contribution in [1.29, 1.82) is 0 Å². The van der Waals surface area contributed by atoms with Gasteiger partial charge < -0.3 is 9.32 Å².